The van der Waals surface area contributed by atoms with E-state index in [2.05, 4.69) is 0 Å². The highest BCUT2D eigenvalue weighted by Crippen LogP contribution is 2.41. The Kier molecular flexibility index (Phi) is 3.45. The monoisotopic (exact) mass is 241 g/mol. The van der Waals surface area contributed by atoms with E-state index in [0.717, 1.165) is 12.8 Å². The van der Waals surface area contributed by atoms with Crippen LogP contribution in [0.25, 0.3) is 0 Å². The maximum absolute atomic E-state index is 13.6. The third-order valence-electron chi connectivity index (χ3n) is 3.86. The van der Waals surface area contributed by atoms with Crippen LogP contribution in [0.4, 0.5) is 8.78 Å². The maximum atomic E-state index is 13.6. The van der Waals surface area contributed by atoms with Gasteiger partial charge in [0, 0.05) is 17.5 Å². The second-order valence-electron chi connectivity index (χ2n) is 4.85. The number of aliphatic hydroxyl groups excluding tert-OH is 1. The van der Waals surface area contributed by atoms with Crippen molar-refractivity contribution in [3.05, 3.63) is 35.4 Å². The van der Waals surface area contributed by atoms with Crippen molar-refractivity contribution in [2.75, 3.05) is 6.54 Å². The summed E-state index contributed by atoms with van der Waals surface area (Å²) >= 11 is 0. The molecule has 1 aromatic rings. The molecular formula is C13H17F2NO. The minimum atomic E-state index is -0.566. The van der Waals surface area contributed by atoms with Crippen molar-refractivity contribution in [2.24, 2.45) is 11.1 Å². The molecule has 0 bridgehead atoms. The number of aliphatic hydroxyl groups is 1. The van der Waals surface area contributed by atoms with Crippen LogP contribution in [0, 0.1) is 17.0 Å². The quantitative estimate of drug-likeness (QED) is 0.850. The zero-order chi connectivity index (χ0) is 12.5. The number of rotatable bonds is 3. The van der Waals surface area contributed by atoms with E-state index in [9.17, 15) is 13.9 Å². The molecule has 1 aliphatic rings. The van der Waals surface area contributed by atoms with E-state index in [1.807, 2.05) is 0 Å². The zero-order valence-electron chi connectivity index (χ0n) is 9.63. The third kappa shape index (κ3) is 2.19. The van der Waals surface area contributed by atoms with Crippen molar-refractivity contribution in [1.82, 2.24) is 0 Å². The third-order valence-corrected chi connectivity index (χ3v) is 3.86. The van der Waals surface area contributed by atoms with E-state index in [1.54, 1.807) is 0 Å². The topological polar surface area (TPSA) is 46.2 Å². The van der Waals surface area contributed by atoms with Crippen LogP contribution in [0.15, 0.2) is 18.2 Å². The van der Waals surface area contributed by atoms with E-state index in [1.165, 1.54) is 18.2 Å². The highest BCUT2D eigenvalue weighted by molar-refractivity contribution is 5.22. The highest BCUT2D eigenvalue weighted by Gasteiger charge is 2.41. The first-order valence-electron chi connectivity index (χ1n) is 5.90. The van der Waals surface area contributed by atoms with Gasteiger partial charge in [-0.1, -0.05) is 12.5 Å². The number of nitrogens with two attached hydrogens (primary N) is 1. The molecule has 1 aromatic carbocycles. The Labute approximate surface area is 99.4 Å². The van der Waals surface area contributed by atoms with E-state index in [0.29, 0.717) is 6.42 Å². The summed E-state index contributed by atoms with van der Waals surface area (Å²) < 4.78 is 27.1. The molecule has 4 heteroatoms. The van der Waals surface area contributed by atoms with Gasteiger partial charge in [-0.25, -0.2) is 8.78 Å². The van der Waals surface area contributed by atoms with Gasteiger partial charge in [-0.2, -0.15) is 0 Å². The van der Waals surface area contributed by atoms with Gasteiger partial charge >= 0.3 is 0 Å². The molecule has 0 saturated heterocycles. The molecule has 3 N–H and O–H groups in total. The van der Waals surface area contributed by atoms with Crippen LogP contribution in [0.2, 0.25) is 0 Å². The molecule has 2 rings (SSSR count). The van der Waals surface area contributed by atoms with Gasteiger partial charge in [0.25, 0.3) is 0 Å². The van der Waals surface area contributed by atoms with Gasteiger partial charge in [-0.15, -0.1) is 0 Å². The van der Waals surface area contributed by atoms with Gasteiger partial charge in [0.1, 0.15) is 11.6 Å². The molecule has 0 heterocycles. The normalized spacial score (nSPS) is 28.6. The Morgan fingerprint density at radius 3 is 2.47 bits per heavy atom. The number of hydrogen-bond donors (Lipinski definition) is 2. The lowest BCUT2D eigenvalue weighted by Gasteiger charge is -2.31. The first-order valence-corrected chi connectivity index (χ1v) is 5.90. The molecule has 2 nitrogen and oxygen atoms in total. The summed E-state index contributed by atoms with van der Waals surface area (Å²) in [5.74, 6) is -1.12. The predicted molar refractivity (Wildman–Crippen MR) is 61.4 cm³/mol. The van der Waals surface area contributed by atoms with Crippen molar-refractivity contribution in [3.8, 4) is 0 Å². The van der Waals surface area contributed by atoms with Crippen LogP contribution in [-0.2, 0) is 6.42 Å². The largest absolute Gasteiger partial charge is 0.392 e. The number of halogens is 2. The van der Waals surface area contributed by atoms with Crippen LogP contribution in [0.1, 0.15) is 24.8 Å². The van der Waals surface area contributed by atoms with Gasteiger partial charge in [-0.05, 0) is 31.4 Å². The number of hydrogen-bond acceptors (Lipinski definition) is 2. The second kappa shape index (κ2) is 4.70. The number of benzene rings is 1. The summed E-state index contributed by atoms with van der Waals surface area (Å²) in [6, 6.07) is 3.82. The first-order chi connectivity index (χ1) is 8.09. The average Bonchev–Trinajstić information content (AvgIpc) is 2.66. The van der Waals surface area contributed by atoms with Crippen molar-refractivity contribution in [3.63, 3.8) is 0 Å². The van der Waals surface area contributed by atoms with E-state index in [4.69, 9.17) is 5.73 Å². The zero-order valence-corrected chi connectivity index (χ0v) is 9.63. The van der Waals surface area contributed by atoms with E-state index in [-0.39, 0.29) is 18.5 Å². The fraction of sp³-hybridized carbons (Fsp3) is 0.538. The van der Waals surface area contributed by atoms with Crippen molar-refractivity contribution < 1.29 is 13.9 Å². The fourth-order valence-corrected chi connectivity index (χ4v) is 2.69. The lowest BCUT2D eigenvalue weighted by Crippen LogP contribution is -2.40. The predicted octanol–water partition coefficient (Wildman–Crippen LogP) is 2.00. The van der Waals surface area contributed by atoms with Crippen LogP contribution in [0.3, 0.4) is 0 Å². The van der Waals surface area contributed by atoms with Crippen molar-refractivity contribution in [2.45, 2.75) is 31.8 Å². The standard InChI is InChI=1S/C13H17F2NO/c14-10-3-1-4-11(15)9(10)7-13(8-16)6-2-5-12(13)17/h1,3-4,12,17H,2,5-8,16H2. The van der Waals surface area contributed by atoms with Gasteiger partial charge < -0.3 is 10.8 Å². The van der Waals surface area contributed by atoms with Crippen molar-refractivity contribution >= 4 is 0 Å². The summed E-state index contributed by atoms with van der Waals surface area (Å²) in [6.45, 7) is 0.252. The molecule has 17 heavy (non-hydrogen) atoms. The molecule has 0 aromatic heterocycles. The van der Waals surface area contributed by atoms with Crippen molar-refractivity contribution in [1.29, 1.82) is 0 Å². The van der Waals surface area contributed by atoms with E-state index >= 15 is 0 Å². The van der Waals surface area contributed by atoms with E-state index < -0.39 is 23.2 Å². The molecule has 2 atom stereocenters. The first kappa shape index (κ1) is 12.5. The molecular weight excluding hydrogens is 224 g/mol. The van der Waals surface area contributed by atoms with Crippen LogP contribution < -0.4 is 5.73 Å². The highest BCUT2D eigenvalue weighted by atomic mass is 19.1. The summed E-state index contributed by atoms with van der Waals surface area (Å²) in [7, 11) is 0. The van der Waals surface area contributed by atoms with Crippen LogP contribution >= 0.6 is 0 Å². The molecule has 1 fully saturated rings. The Bertz CT molecular complexity index is 390. The smallest absolute Gasteiger partial charge is 0.129 e. The fourth-order valence-electron chi connectivity index (χ4n) is 2.69. The lowest BCUT2D eigenvalue weighted by atomic mass is 9.78. The minimum Gasteiger partial charge on any atom is -0.392 e. The molecule has 0 spiro atoms. The molecule has 1 aliphatic carbocycles. The summed E-state index contributed by atoms with van der Waals surface area (Å²) in [5.41, 5.74) is 5.18. The Morgan fingerprint density at radius 2 is 2.00 bits per heavy atom. The lowest BCUT2D eigenvalue weighted by molar-refractivity contribution is 0.0576. The van der Waals surface area contributed by atoms with Gasteiger partial charge in [0.2, 0.25) is 0 Å². The Morgan fingerprint density at radius 1 is 1.35 bits per heavy atom. The SMILES string of the molecule is NCC1(Cc2c(F)cccc2F)CCCC1O. The minimum absolute atomic E-state index is 0.0406. The van der Waals surface area contributed by atoms with Gasteiger partial charge in [-0.3, -0.25) is 0 Å². The van der Waals surface area contributed by atoms with Crippen LogP contribution in [0.5, 0.6) is 0 Å². The molecule has 1 saturated carbocycles. The summed E-state index contributed by atoms with van der Waals surface area (Å²) in [5, 5.41) is 9.96. The molecule has 2 unspecified atom stereocenters. The molecule has 94 valence electrons. The Hall–Kier alpha value is -1.00. The summed E-state index contributed by atoms with van der Waals surface area (Å²) in [6.07, 6.45) is 1.84. The molecule has 0 radical (unpaired) electrons. The maximum Gasteiger partial charge on any atom is 0.129 e. The molecule has 0 amide bonds. The second-order valence-corrected chi connectivity index (χ2v) is 4.85. The Balaban J connectivity index is 2.30. The van der Waals surface area contributed by atoms with Gasteiger partial charge in [0.05, 0.1) is 6.10 Å². The summed E-state index contributed by atoms with van der Waals surface area (Å²) in [4.78, 5) is 0. The molecule has 0 aliphatic heterocycles. The average molecular weight is 241 g/mol. The van der Waals surface area contributed by atoms with Crippen LogP contribution in [-0.4, -0.2) is 17.8 Å². The van der Waals surface area contributed by atoms with Gasteiger partial charge in [0.15, 0.2) is 0 Å².